The summed E-state index contributed by atoms with van der Waals surface area (Å²) in [6.07, 6.45) is -3.03. The third-order valence-corrected chi connectivity index (χ3v) is 9.81. The van der Waals surface area contributed by atoms with Crippen molar-refractivity contribution in [2.24, 2.45) is 0 Å². The quantitative estimate of drug-likeness (QED) is 0.121. The van der Waals surface area contributed by atoms with E-state index in [1.807, 2.05) is 37.3 Å². The molecular weight excluding hydrogens is 674 g/mol. The van der Waals surface area contributed by atoms with E-state index in [-0.39, 0.29) is 59.3 Å². The Bertz CT molecular complexity index is 1840. The summed E-state index contributed by atoms with van der Waals surface area (Å²) in [6.45, 7) is 3.47. The Labute approximate surface area is 300 Å². The summed E-state index contributed by atoms with van der Waals surface area (Å²) in [6, 6.07) is 13.7. The Morgan fingerprint density at radius 2 is 1.69 bits per heavy atom. The Morgan fingerprint density at radius 3 is 2.42 bits per heavy atom. The molecule has 6 atom stereocenters. The van der Waals surface area contributed by atoms with Crippen molar-refractivity contribution in [3.8, 4) is 17.2 Å². The summed E-state index contributed by atoms with van der Waals surface area (Å²) in [4.78, 5) is 52.7. The number of ketones is 2. The lowest BCUT2D eigenvalue weighted by atomic mass is 9.76. The van der Waals surface area contributed by atoms with Gasteiger partial charge in [0.2, 0.25) is 5.78 Å². The highest BCUT2D eigenvalue weighted by molar-refractivity contribution is 6.31. The van der Waals surface area contributed by atoms with Gasteiger partial charge in [-0.2, -0.15) is 0 Å². The van der Waals surface area contributed by atoms with Crippen LogP contribution < -0.4 is 10.1 Å². The second-order valence-corrected chi connectivity index (χ2v) is 13.3. The van der Waals surface area contributed by atoms with E-state index < -0.39 is 83.9 Å². The first-order valence-electron chi connectivity index (χ1n) is 17.5. The first-order valence-corrected chi connectivity index (χ1v) is 17.5. The van der Waals surface area contributed by atoms with Crippen LogP contribution in [0.3, 0.4) is 0 Å². The van der Waals surface area contributed by atoms with Crippen LogP contribution in [0.2, 0.25) is 0 Å². The van der Waals surface area contributed by atoms with Crippen molar-refractivity contribution >= 4 is 23.5 Å². The topological polar surface area (TPSA) is 187 Å². The molecule has 3 aromatic rings. The summed E-state index contributed by atoms with van der Waals surface area (Å²) in [7, 11) is 1.36. The van der Waals surface area contributed by atoms with Crippen LogP contribution in [0.1, 0.15) is 101 Å². The van der Waals surface area contributed by atoms with Crippen LogP contribution in [0.15, 0.2) is 48.5 Å². The third kappa shape index (κ3) is 7.40. The number of aromatic hydroxyl groups is 2. The van der Waals surface area contributed by atoms with Gasteiger partial charge in [-0.1, -0.05) is 55.8 Å². The molecule has 276 valence electrons. The molecule has 0 aromatic heterocycles. The average molecular weight is 718 g/mol. The number of rotatable bonds is 12. The fourth-order valence-electron chi connectivity index (χ4n) is 7.18. The molecule has 1 aliphatic heterocycles. The van der Waals surface area contributed by atoms with Gasteiger partial charge in [-0.3, -0.25) is 14.4 Å². The molecule has 0 amide bonds. The molecule has 1 fully saturated rings. The van der Waals surface area contributed by atoms with E-state index in [0.717, 1.165) is 12.0 Å². The van der Waals surface area contributed by atoms with Crippen molar-refractivity contribution in [3.05, 3.63) is 87.5 Å². The van der Waals surface area contributed by atoms with Gasteiger partial charge < -0.3 is 44.3 Å². The van der Waals surface area contributed by atoms with E-state index in [0.29, 0.717) is 13.0 Å². The van der Waals surface area contributed by atoms with Crippen LogP contribution in [-0.4, -0.2) is 83.2 Å². The first-order chi connectivity index (χ1) is 25.0. The van der Waals surface area contributed by atoms with Crippen LogP contribution in [0.5, 0.6) is 17.2 Å². The third-order valence-electron chi connectivity index (χ3n) is 9.81. The Kier molecular flexibility index (Phi) is 11.2. The first kappa shape index (κ1) is 37.0. The molecular formula is C39H43NO12. The number of phenols is 2. The number of unbranched alkanes of at least 4 members (excludes halogenated alkanes) is 1. The highest BCUT2D eigenvalue weighted by Gasteiger charge is 2.45. The van der Waals surface area contributed by atoms with Gasteiger partial charge in [0.15, 0.2) is 18.7 Å². The van der Waals surface area contributed by atoms with Crippen molar-refractivity contribution < 1.29 is 58.2 Å². The number of methoxy groups -OCH3 is 1. The zero-order valence-electron chi connectivity index (χ0n) is 29.3. The monoisotopic (exact) mass is 717 g/mol. The number of aliphatic hydroxyl groups excluding tert-OH is 1. The summed E-state index contributed by atoms with van der Waals surface area (Å²) in [5.41, 5.74) is 0.295. The summed E-state index contributed by atoms with van der Waals surface area (Å²) in [5, 5.41) is 37.9. The second kappa shape index (κ2) is 15.8. The molecule has 0 radical (unpaired) electrons. The van der Waals surface area contributed by atoms with Crippen molar-refractivity contribution in [2.45, 2.75) is 95.7 Å². The molecule has 1 heterocycles. The van der Waals surface area contributed by atoms with E-state index in [2.05, 4.69) is 5.32 Å². The number of phenolic OH excluding ortho intramolecular Hbond substituents is 2. The maximum absolute atomic E-state index is 14.0. The van der Waals surface area contributed by atoms with E-state index in [1.165, 1.54) is 19.2 Å². The van der Waals surface area contributed by atoms with E-state index in [9.17, 15) is 34.5 Å². The lowest BCUT2D eigenvalue weighted by Gasteiger charge is -2.41. The highest BCUT2D eigenvalue weighted by atomic mass is 16.7. The van der Waals surface area contributed by atoms with Crippen LogP contribution in [-0.2, 0) is 41.5 Å². The van der Waals surface area contributed by atoms with Gasteiger partial charge in [-0.15, -0.1) is 0 Å². The molecule has 13 heteroatoms. The van der Waals surface area contributed by atoms with Gasteiger partial charge in [0, 0.05) is 55.0 Å². The zero-order chi connectivity index (χ0) is 37.1. The lowest BCUT2D eigenvalue weighted by molar-refractivity contribution is -0.247. The van der Waals surface area contributed by atoms with Crippen LogP contribution in [0.25, 0.3) is 0 Å². The largest absolute Gasteiger partial charge is 0.507 e. The number of benzene rings is 3. The number of carbonyl (C=O) groups excluding carboxylic acids is 4. The molecule has 1 saturated heterocycles. The minimum absolute atomic E-state index is 0.000159. The molecule has 3 aromatic carbocycles. The molecule has 13 nitrogen and oxygen atoms in total. The van der Waals surface area contributed by atoms with E-state index in [1.54, 1.807) is 13.0 Å². The minimum atomic E-state index is -1.12. The predicted molar refractivity (Wildman–Crippen MR) is 184 cm³/mol. The fourth-order valence-corrected chi connectivity index (χ4v) is 7.18. The Balaban J connectivity index is 1.32. The normalized spacial score (nSPS) is 23.6. The molecule has 0 bridgehead atoms. The number of carbonyl (C=O) groups is 4. The fraction of sp³-hybridized carbons (Fsp3) is 0.436. The number of hydrogen-bond donors (Lipinski definition) is 4. The number of ether oxygens (including phenoxy) is 5. The van der Waals surface area contributed by atoms with Gasteiger partial charge in [-0.25, -0.2) is 4.79 Å². The van der Waals surface area contributed by atoms with Gasteiger partial charge in [0.05, 0.1) is 42.1 Å². The van der Waals surface area contributed by atoms with Gasteiger partial charge in [0.25, 0.3) is 0 Å². The molecule has 2 aliphatic carbocycles. The van der Waals surface area contributed by atoms with E-state index >= 15 is 0 Å². The molecule has 0 saturated carbocycles. The summed E-state index contributed by atoms with van der Waals surface area (Å²) in [5.74, 6) is -3.76. The average Bonchev–Trinajstić information content (AvgIpc) is 3.14. The smallest absolute Gasteiger partial charge is 0.344 e. The number of hydrogen-bond acceptors (Lipinski definition) is 13. The number of fused-ring (bicyclic) bond motifs is 3. The number of esters is 2. The minimum Gasteiger partial charge on any atom is -0.507 e. The van der Waals surface area contributed by atoms with Gasteiger partial charge >= 0.3 is 11.9 Å². The molecule has 52 heavy (non-hydrogen) atoms. The standard InChI is InChI=1S/C39H43NO12/c1-4-5-14-28(41)49-19-29(42)51-22-15-24-32(39(47)34-33(37(24)45)36(44)23-12-9-13-26(48-3)31(23)38(34)46)27(16-22)52-30-17-25(35(43)20(2)50-30)40-18-21-10-7-6-8-11-21/h6-13,20,22,25,27,30,35,40,43,45,47H,4-5,14-19H2,1-3H3/t20-,22-,25-,27-,30-,35-/m0/s1. The maximum Gasteiger partial charge on any atom is 0.344 e. The summed E-state index contributed by atoms with van der Waals surface area (Å²) < 4.78 is 28.7. The number of nitrogens with one attached hydrogen (secondary N) is 1. The van der Waals surface area contributed by atoms with Gasteiger partial charge in [-0.05, 0) is 25.0 Å². The zero-order valence-corrected chi connectivity index (χ0v) is 29.3. The highest BCUT2D eigenvalue weighted by Crippen LogP contribution is 2.51. The second-order valence-electron chi connectivity index (χ2n) is 13.3. The Hall–Kier alpha value is -4.82. The Morgan fingerprint density at radius 1 is 0.942 bits per heavy atom. The van der Waals surface area contributed by atoms with Crippen LogP contribution in [0, 0.1) is 0 Å². The number of aliphatic hydroxyl groups is 1. The van der Waals surface area contributed by atoms with Crippen molar-refractivity contribution in [1.82, 2.24) is 5.32 Å². The van der Waals surface area contributed by atoms with Crippen molar-refractivity contribution in [1.29, 1.82) is 0 Å². The molecule has 4 N–H and O–H groups in total. The van der Waals surface area contributed by atoms with Crippen molar-refractivity contribution in [2.75, 3.05) is 13.7 Å². The molecule has 0 unspecified atom stereocenters. The molecule has 0 spiro atoms. The van der Waals surface area contributed by atoms with E-state index in [4.69, 9.17) is 23.7 Å². The lowest BCUT2D eigenvalue weighted by Crippen LogP contribution is -2.54. The summed E-state index contributed by atoms with van der Waals surface area (Å²) >= 11 is 0. The predicted octanol–water partition coefficient (Wildman–Crippen LogP) is 4.19. The van der Waals surface area contributed by atoms with Crippen LogP contribution in [0.4, 0.5) is 0 Å². The van der Waals surface area contributed by atoms with Crippen molar-refractivity contribution in [3.63, 3.8) is 0 Å². The molecule has 3 aliphatic rings. The SMILES string of the molecule is CCCCC(=O)OCC(=O)O[C@H]1Cc2c(O)c3c(c(O)c2[C@@H](O[C@H]2C[C@H](NCc4ccccc4)[C@@H](O)[C@H](C)O2)C1)C(=O)c1c(OC)cccc1C3=O. The van der Waals surface area contributed by atoms with Crippen LogP contribution >= 0.6 is 0 Å². The maximum atomic E-state index is 14.0. The van der Waals surface area contributed by atoms with Gasteiger partial charge in [0.1, 0.15) is 23.4 Å². The molecule has 6 rings (SSSR count).